The molecule has 22 heavy (non-hydrogen) atoms. The number of anilines is 1. The van der Waals surface area contributed by atoms with Crippen LogP contribution in [0.1, 0.15) is 0 Å². The number of aromatic hydroxyl groups is 1. The molecule has 0 aliphatic carbocycles. The molecule has 5 nitrogen and oxygen atoms in total. The van der Waals surface area contributed by atoms with E-state index in [1.807, 2.05) is 54.0 Å². The molecule has 0 radical (unpaired) electrons. The van der Waals surface area contributed by atoms with Crippen LogP contribution < -0.4 is 5.32 Å². The first-order valence-electron chi connectivity index (χ1n) is 7.01. The second-order valence-corrected chi connectivity index (χ2v) is 5.07. The third-order valence-electron chi connectivity index (χ3n) is 3.69. The molecule has 108 valence electrons. The van der Waals surface area contributed by atoms with Crippen molar-refractivity contribution in [1.82, 2.24) is 14.4 Å². The maximum absolute atomic E-state index is 9.42. The van der Waals surface area contributed by atoms with Gasteiger partial charge in [0.1, 0.15) is 5.75 Å². The van der Waals surface area contributed by atoms with Gasteiger partial charge in [-0.15, -0.1) is 0 Å². The lowest BCUT2D eigenvalue weighted by molar-refractivity contribution is 0.475. The molecule has 0 atom stereocenters. The van der Waals surface area contributed by atoms with E-state index in [1.54, 1.807) is 12.1 Å². The molecule has 2 aromatic heterocycles. The summed E-state index contributed by atoms with van der Waals surface area (Å²) < 4.78 is 2.04. The Labute approximate surface area is 126 Å². The molecule has 0 saturated heterocycles. The molecule has 4 aromatic rings. The van der Waals surface area contributed by atoms with Crippen LogP contribution in [-0.4, -0.2) is 26.5 Å². The van der Waals surface area contributed by atoms with E-state index in [0.717, 1.165) is 33.8 Å². The number of benzene rings is 2. The summed E-state index contributed by atoms with van der Waals surface area (Å²) in [5.74, 6) is 0.985. The number of imidazole rings is 1. The Balaban J connectivity index is 2.03. The minimum atomic E-state index is 0.246. The average Bonchev–Trinajstić information content (AvgIpc) is 3.00. The van der Waals surface area contributed by atoms with E-state index >= 15 is 0 Å². The van der Waals surface area contributed by atoms with E-state index in [-0.39, 0.29) is 5.75 Å². The van der Waals surface area contributed by atoms with Crippen molar-refractivity contribution >= 4 is 22.5 Å². The summed E-state index contributed by atoms with van der Waals surface area (Å²) in [6.07, 6.45) is 1.99. The van der Waals surface area contributed by atoms with Gasteiger partial charge in [0.15, 0.2) is 11.5 Å². The minimum Gasteiger partial charge on any atom is -0.508 e. The Kier molecular flexibility index (Phi) is 2.72. The molecular weight excluding hydrogens is 276 g/mol. The van der Waals surface area contributed by atoms with Crippen molar-refractivity contribution in [3.8, 4) is 17.0 Å². The maximum Gasteiger partial charge on any atom is 0.181 e. The number of nitrogens with zero attached hydrogens (tertiary/aromatic N) is 3. The van der Waals surface area contributed by atoms with Crippen LogP contribution in [0.15, 0.2) is 54.7 Å². The highest BCUT2D eigenvalue weighted by molar-refractivity contribution is 5.84. The summed E-state index contributed by atoms with van der Waals surface area (Å²) in [5.41, 5.74) is 4.49. The summed E-state index contributed by atoms with van der Waals surface area (Å²) in [4.78, 5) is 9.30. The largest absolute Gasteiger partial charge is 0.508 e. The van der Waals surface area contributed by atoms with Crippen LogP contribution in [0.4, 0.5) is 5.82 Å². The molecule has 4 rings (SSSR count). The first-order valence-corrected chi connectivity index (χ1v) is 7.01. The summed E-state index contributed by atoms with van der Waals surface area (Å²) in [6.45, 7) is 0. The second kappa shape index (κ2) is 4.73. The van der Waals surface area contributed by atoms with Crippen LogP contribution in [0.2, 0.25) is 0 Å². The first kappa shape index (κ1) is 12.6. The van der Waals surface area contributed by atoms with Crippen LogP contribution in [0.5, 0.6) is 5.75 Å². The van der Waals surface area contributed by atoms with E-state index in [4.69, 9.17) is 0 Å². The van der Waals surface area contributed by atoms with Crippen molar-refractivity contribution in [2.45, 2.75) is 0 Å². The average molecular weight is 290 g/mol. The molecule has 0 aliphatic heterocycles. The zero-order chi connectivity index (χ0) is 15.1. The van der Waals surface area contributed by atoms with Crippen molar-refractivity contribution in [3.63, 3.8) is 0 Å². The Morgan fingerprint density at radius 1 is 1.00 bits per heavy atom. The molecule has 0 fully saturated rings. The second-order valence-electron chi connectivity index (χ2n) is 5.07. The fourth-order valence-electron chi connectivity index (χ4n) is 2.60. The Morgan fingerprint density at radius 3 is 2.55 bits per heavy atom. The SMILES string of the molecule is CNc1nc2ccccc2n2cc(-c3ccc(O)cc3)nc12. The quantitative estimate of drug-likeness (QED) is 0.594. The van der Waals surface area contributed by atoms with Crippen molar-refractivity contribution < 1.29 is 5.11 Å². The number of aromatic nitrogens is 3. The predicted molar refractivity (Wildman–Crippen MR) is 87.1 cm³/mol. The van der Waals surface area contributed by atoms with Gasteiger partial charge < -0.3 is 10.4 Å². The molecule has 2 N–H and O–H groups in total. The highest BCUT2D eigenvalue weighted by Gasteiger charge is 2.12. The first-order chi connectivity index (χ1) is 10.8. The number of para-hydroxylation sites is 2. The molecule has 0 aliphatic rings. The summed E-state index contributed by atoms with van der Waals surface area (Å²) in [5, 5.41) is 12.5. The summed E-state index contributed by atoms with van der Waals surface area (Å²) in [7, 11) is 1.84. The number of fused-ring (bicyclic) bond motifs is 3. The van der Waals surface area contributed by atoms with Gasteiger partial charge in [-0.3, -0.25) is 4.40 Å². The van der Waals surface area contributed by atoms with Crippen molar-refractivity contribution in [2.75, 3.05) is 12.4 Å². The van der Waals surface area contributed by atoms with Gasteiger partial charge in [0.25, 0.3) is 0 Å². The molecule has 2 heterocycles. The standard InChI is InChI=1S/C17H14N4O/c1-18-16-17-20-14(11-6-8-12(22)9-7-11)10-21(17)15-5-3-2-4-13(15)19-16/h2-10,22H,1H3,(H,18,19). The van der Waals surface area contributed by atoms with E-state index in [0.29, 0.717) is 0 Å². The number of phenols is 1. The van der Waals surface area contributed by atoms with Gasteiger partial charge in [-0.2, -0.15) is 0 Å². The topological polar surface area (TPSA) is 62.5 Å². The van der Waals surface area contributed by atoms with Crippen molar-refractivity contribution in [2.24, 2.45) is 0 Å². The zero-order valence-corrected chi connectivity index (χ0v) is 12.0. The highest BCUT2D eigenvalue weighted by atomic mass is 16.3. The highest BCUT2D eigenvalue weighted by Crippen LogP contribution is 2.26. The fraction of sp³-hybridized carbons (Fsp3) is 0.0588. The van der Waals surface area contributed by atoms with Crippen LogP contribution >= 0.6 is 0 Å². The van der Waals surface area contributed by atoms with Gasteiger partial charge in [0, 0.05) is 18.8 Å². The van der Waals surface area contributed by atoms with Crippen LogP contribution in [0.3, 0.4) is 0 Å². The minimum absolute atomic E-state index is 0.246. The Morgan fingerprint density at radius 2 is 1.77 bits per heavy atom. The van der Waals surface area contributed by atoms with Gasteiger partial charge in [-0.05, 0) is 36.4 Å². The van der Waals surface area contributed by atoms with Crippen LogP contribution in [0, 0.1) is 0 Å². The number of nitrogens with one attached hydrogen (secondary N) is 1. The van der Waals surface area contributed by atoms with Gasteiger partial charge in [-0.1, -0.05) is 12.1 Å². The predicted octanol–water partition coefficient (Wildman–Crippen LogP) is 3.30. The van der Waals surface area contributed by atoms with Crippen molar-refractivity contribution in [1.29, 1.82) is 0 Å². The molecule has 0 spiro atoms. The Bertz CT molecular complexity index is 973. The zero-order valence-electron chi connectivity index (χ0n) is 12.0. The molecule has 0 unspecified atom stereocenters. The van der Waals surface area contributed by atoms with E-state index < -0.39 is 0 Å². The van der Waals surface area contributed by atoms with Gasteiger partial charge in [-0.25, -0.2) is 9.97 Å². The molecular formula is C17H14N4O. The smallest absolute Gasteiger partial charge is 0.181 e. The molecule has 5 heteroatoms. The van der Waals surface area contributed by atoms with Gasteiger partial charge in [0.2, 0.25) is 0 Å². The number of hydrogen-bond acceptors (Lipinski definition) is 4. The lowest BCUT2D eigenvalue weighted by Gasteiger charge is -2.05. The number of rotatable bonds is 2. The monoisotopic (exact) mass is 290 g/mol. The van der Waals surface area contributed by atoms with Gasteiger partial charge in [0.05, 0.1) is 16.7 Å². The van der Waals surface area contributed by atoms with E-state index in [2.05, 4.69) is 15.3 Å². The summed E-state index contributed by atoms with van der Waals surface area (Å²) in [6, 6.07) is 15.0. The Hall–Kier alpha value is -3.08. The van der Waals surface area contributed by atoms with E-state index in [9.17, 15) is 5.11 Å². The normalized spacial score (nSPS) is 11.1. The summed E-state index contributed by atoms with van der Waals surface area (Å²) >= 11 is 0. The molecule has 0 saturated carbocycles. The molecule has 0 amide bonds. The lowest BCUT2D eigenvalue weighted by atomic mass is 10.2. The maximum atomic E-state index is 9.42. The molecule has 2 aromatic carbocycles. The van der Waals surface area contributed by atoms with E-state index in [1.165, 1.54) is 0 Å². The van der Waals surface area contributed by atoms with Gasteiger partial charge >= 0.3 is 0 Å². The number of phenolic OH excluding ortho intramolecular Hbond substituents is 1. The van der Waals surface area contributed by atoms with Crippen LogP contribution in [-0.2, 0) is 0 Å². The lowest BCUT2D eigenvalue weighted by Crippen LogP contribution is -1.98. The molecule has 0 bridgehead atoms. The third-order valence-corrected chi connectivity index (χ3v) is 3.69. The fourth-order valence-corrected chi connectivity index (χ4v) is 2.60. The van der Waals surface area contributed by atoms with Crippen LogP contribution in [0.25, 0.3) is 27.9 Å². The number of hydrogen-bond donors (Lipinski definition) is 2. The van der Waals surface area contributed by atoms with Crippen molar-refractivity contribution in [3.05, 3.63) is 54.7 Å². The third kappa shape index (κ3) is 1.87.